The number of anilines is 1. The Hall–Kier alpha value is -3.32. The van der Waals surface area contributed by atoms with Gasteiger partial charge in [0.05, 0.1) is 17.7 Å². The molecule has 0 saturated heterocycles. The summed E-state index contributed by atoms with van der Waals surface area (Å²) in [4.78, 5) is 4.52. The average Bonchev–Trinajstić information content (AvgIpc) is 3.14. The molecule has 4 rings (SSSR count). The second kappa shape index (κ2) is 6.44. The Kier molecular flexibility index (Phi) is 4.08. The number of nitrogen functional groups attached to an aromatic ring is 1. The third-order valence-electron chi connectivity index (χ3n) is 4.40. The molecule has 27 heavy (non-hydrogen) atoms. The van der Waals surface area contributed by atoms with E-state index in [4.69, 9.17) is 10.5 Å². The summed E-state index contributed by atoms with van der Waals surface area (Å²) in [5.74, 6) is 0.564. The predicted molar refractivity (Wildman–Crippen MR) is 105 cm³/mol. The van der Waals surface area contributed by atoms with Crippen molar-refractivity contribution in [3.05, 3.63) is 73.1 Å². The lowest BCUT2D eigenvalue weighted by molar-refractivity contribution is 0.417. The van der Waals surface area contributed by atoms with Gasteiger partial charge in [0.2, 0.25) is 0 Å². The predicted octanol–water partition coefficient (Wildman–Crippen LogP) is 3.53. The second-order valence-electron chi connectivity index (χ2n) is 5.98. The molecular formula is C20H17N3O3S. The van der Waals surface area contributed by atoms with Gasteiger partial charge in [-0.05, 0) is 47.5 Å². The molecule has 0 fully saturated rings. The third-order valence-corrected chi connectivity index (χ3v) is 6.08. The number of hydrogen-bond donors (Lipinski definition) is 1. The normalized spacial score (nSPS) is 11.6. The van der Waals surface area contributed by atoms with Gasteiger partial charge >= 0.3 is 0 Å². The summed E-state index contributed by atoms with van der Waals surface area (Å²) >= 11 is 0. The highest BCUT2D eigenvalue weighted by Gasteiger charge is 2.20. The van der Waals surface area contributed by atoms with Crippen molar-refractivity contribution >= 4 is 26.7 Å². The molecule has 0 amide bonds. The molecule has 6 nitrogen and oxygen atoms in total. The van der Waals surface area contributed by atoms with Gasteiger partial charge in [-0.1, -0.05) is 24.3 Å². The first kappa shape index (κ1) is 17.1. The van der Waals surface area contributed by atoms with Crippen molar-refractivity contribution in [3.63, 3.8) is 0 Å². The van der Waals surface area contributed by atoms with E-state index in [0.29, 0.717) is 17.1 Å². The number of aromatic nitrogens is 2. The van der Waals surface area contributed by atoms with Crippen molar-refractivity contribution in [1.82, 2.24) is 8.96 Å². The van der Waals surface area contributed by atoms with Crippen molar-refractivity contribution in [3.8, 4) is 16.9 Å². The summed E-state index contributed by atoms with van der Waals surface area (Å²) < 4.78 is 32.5. The second-order valence-corrected chi connectivity index (χ2v) is 7.80. The van der Waals surface area contributed by atoms with E-state index in [0.717, 1.165) is 16.5 Å². The van der Waals surface area contributed by atoms with Crippen molar-refractivity contribution in [1.29, 1.82) is 0 Å². The zero-order valence-corrected chi connectivity index (χ0v) is 15.3. The number of nitrogens with two attached hydrogens (primary N) is 1. The van der Waals surface area contributed by atoms with Crippen LogP contribution in [0.1, 0.15) is 0 Å². The van der Waals surface area contributed by atoms with Crippen LogP contribution in [0, 0.1) is 0 Å². The van der Waals surface area contributed by atoms with Gasteiger partial charge in [-0.2, -0.15) is 0 Å². The first-order valence-corrected chi connectivity index (χ1v) is 9.67. The van der Waals surface area contributed by atoms with E-state index >= 15 is 0 Å². The van der Waals surface area contributed by atoms with Crippen LogP contribution < -0.4 is 10.5 Å². The van der Waals surface area contributed by atoms with Crippen LogP contribution in [0.25, 0.3) is 22.2 Å². The zero-order chi connectivity index (χ0) is 19.0. The van der Waals surface area contributed by atoms with Crippen LogP contribution in [0.5, 0.6) is 5.75 Å². The lowest BCUT2D eigenvalue weighted by Crippen LogP contribution is -2.12. The molecule has 0 unspecified atom stereocenters. The molecule has 0 spiro atoms. The van der Waals surface area contributed by atoms with Crippen LogP contribution >= 0.6 is 0 Å². The molecule has 2 aromatic carbocycles. The number of benzene rings is 2. The monoisotopic (exact) mass is 379 g/mol. The lowest BCUT2D eigenvalue weighted by atomic mass is 10.0. The van der Waals surface area contributed by atoms with E-state index in [-0.39, 0.29) is 4.90 Å². The SMILES string of the molecule is COc1cc(-c2ccnc3c2ccn3S(=O)(=O)c2ccccc2)ccc1N. The molecule has 0 atom stereocenters. The maximum absolute atomic E-state index is 13.0. The third kappa shape index (κ3) is 2.82. The quantitative estimate of drug-likeness (QED) is 0.548. The van der Waals surface area contributed by atoms with Crippen LogP contribution in [0.15, 0.2) is 78.0 Å². The molecule has 2 heterocycles. The Labute approximate surface area is 156 Å². The number of nitrogens with zero attached hydrogens (tertiary/aromatic N) is 2. The molecule has 2 aromatic heterocycles. The van der Waals surface area contributed by atoms with Gasteiger partial charge in [0, 0.05) is 17.8 Å². The maximum atomic E-state index is 13.0. The average molecular weight is 379 g/mol. The minimum atomic E-state index is -3.73. The van der Waals surface area contributed by atoms with E-state index in [1.807, 2.05) is 18.2 Å². The molecule has 0 aliphatic rings. The van der Waals surface area contributed by atoms with Crippen LogP contribution in [-0.4, -0.2) is 24.5 Å². The highest BCUT2D eigenvalue weighted by atomic mass is 32.2. The Morgan fingerprint density at radius 3 is 2.56 bits per heavy atom. The summed E-state index contributed by atoms with van der Waals surface area (Å²) in [6.07, 6.45) is 3.12. The van der Waals surface area contributed by atoms with Crippen molar-refractivity contribution in [2.45, 2.75) is 4.90 Å². The Bertz CT molecular complexity index is 1230. The molecule has 136 valence electrons. The number of ether oxygens (including phenoxy) is 1. The summed E-state index contributed by atoms with van der Waals surface area (Å²) in [5, 5.41) is 0.726. The fourth-order valence-electron chi connectivity index (χ4n) is 3.05. The Balaban J connectivity index is 1.91. The maximum Gasteiger partial charge on any atom is 0.269 e. The van der Waals surface area contributed by atoms with Gasteiger partial charge in [-0.15, -0.1) is 0 Å². The number of hydrogen-bond acceptors (Lipinski definition) is 5. The zero-order valence-electron chi connectivity index (χ0n) is 14.5. The van der Waals surface area contributed by atoms with Crippen LogP contribution in [0.4, 0.5) is 5.69 Å². The molecule has 2 N–H and O–H groups in total. The van der Waals surface area contributed by atoms with Gasteiger partial charge in [-0.25, -0.2) is 17.4 Å². The number of methoxy groups -OCH3 is 1. The van der Waals surface area contributed by atoms with E-state index < -0.39 is 10.0 Å². The molecule has 7 heteroatoms. The largest absolute Gasteiger partial charge is 0.495 e. The van der Waals surface area contributed by atoms with Gasteiger partial charge in [0.15, 0.2) is 5.65 Å². The summed E-state index contributed by atoms with van der Waals surface area (Å²) in [7, 11) is -2.18. The molecule has 0 bridgehead atoms. The number of fused-ring (bicyclic) bond motifs is 1. The van der Waals surface area contributed by atoms with E-state index in [1.54, 1.807) is 55.8 Å². The number of pyridine rings is 1. The van der Waals surface area contributed by atoms with Crippen molar-refractivity contribution in [2.75, 3.05) is 12.8 Å². The highest BCUT2D eigenvalue weighted by molar-refractivity contribution is 7.90. The molecule has 4 aromatic rings. The summed E-state index contributed by atoms with van der Waals surface area (Å²) in [6, 6.07) is 17.3. The highest BCUT2D eigenvalue weighted by Crippen LogP contribution is 2.33. The van der Waals surface area contributed by atoms with Crippen molar-refractivity contribution < 1.29 is 13.2 Å². The minimum absolute atomic E-state index is 0.212. The molecule has 0 aliphatic heterocycles. The fourth-order valence-corrected chi connectivity index (χ4v) is 4.37. The topological polar surface area (TPSA) is 87.2 Å². The summed E-state index contributed by atoms with van der Waals surface area (Å²) in [6.45, 7) is 0. The molecule has 0 saturated carbocycles. The molecule has 0 aliphatic carbocycles. The van der Waals surface area contributed by atoms with E-state index in [1.165, 1.54) is 10.2 Å². The van der Waals surface area contributed by atoms with Crippen LogP contribution in [-0.2, 0) is 10.0 Å². The van der Waals surface area contributed by atoms with Crippen LogP contribution in [0.3, 0.4) is 0 Å². The van der Waals surface area contributed by atoms with Gasteiger partial charge in [0.1, 0.15) is 5.75 Å². The Morgan fingerprint density at radius 1 is 1.04 bits per heavy atom. The van der Waals surface area contributed by atoms with Crippen LogP contribution in [0.2, 0.25) is 0 Å². The lowest BCUT2D eigenvalue weighted by Gasteiger charge is -2.10. The standard InChI is InChI=1S/C20H17N3O3S/c1-26-19-13-14(7-8-18(19)21)16-9-11-22-20-17(16)10-12-23(20)27(24,25)15-5-3-2-4-6-15/h2-13H,21H2,1H3. The van der Waals surface area contributed by atoms with E-state index in [9.17, 15) is 8.42 Å². The van der Waals surface area contributed by atoms with Gasteiger partial charge < -0.3 is 10.5 Å². The first-order valence-electron chi connectivity index (χ1n) is 8.23. The fraction of sp³-hybridized carbons (Fsp3) is 0.0500. The molecule has 0 radical (unpaired) electrons. The Morgan fingerprint density at radius 2 is 1.81 bits per heavy atom. The minimum Gasteiger partial charge on any atom is -0.495 e. The van der Waals surface area contributed by atoms with Crippen molar-refractivity contribution in [2.24, 2.45) is 0 Å². The summed E-state index contributed by atoms with van der Waals surface area (Å²) in [5.41, 5.74) is 8.51. The van der Waals surface area contributed by atoms with E-state index in [2.05, 4.69) is 4.98 Å². The molecular weight excluding hydrogens is 362 g/mol. The van der Waals surface area contributed by atoms with Gasteiger partial charge in [0.25, 0.3) is 10.0 Å². The van der Waals surface area contributed by atoms with Gasteiger partial charge in [-0.3, -0.25) is 0 Å². The number of rotatable bonds is 4. The first-order chi connectivity index (χ1) is 13.0. The smallest absolute Gasteiger partial charge is 0.269 e.